The molecular weight excluding hydrogens is 416 g/mol. The molecule has 9 nitrogen and oxygen atoms in total. The van der Waals surface area contributed by atoms with Crippen molar-refractivity contribution in [2.75, 3.05) is 11.1 Å². The van der Waals surface area contributed by atoms with E-state index in [1.807, 2.05) is 54.6 Å². The van der Waals surface area contributed by atoms with E-state index in [1.165, 1.54) is 12.1 Å². The molecule has 154 valence electrons. The average Bonchev–Trinajstić information content (AvgIpc) is 3.27. The third kappa shape index (κ3) is 4.59. The van der Waals surface area contributed by atoms with Crippen LogP contribution in [0.15, 0.2) is 84.0 Å². The van der Waals surface area contributed by atoms with E-state index < -0.39 is 10.8 Å². The summed E-state index contributed by atoms with van der Waals surface area (Å²) in [5.74, 6) is -0.412. The second kappa shape index (κ2) is 9.18. The van der Waals surface area contributed by atoms with Gasteiger partial charge >= 0.3 is 0 Å². The van der Waals surface area contributed by atoms with E-state index in [0.717, 1.165) is 28.6 Å². The van der Waals surface area contributed by atoms with Crippen LogP contribution in [0.2, 0.25) is 0 Å². The van der Waals surface area contributed by atoms with Crippen LogP contribution in [0.4, 0.5) is 11.4 Å². The quantitative estimate of drug-likeness (QED) is 0.267. The number of carbonyl (C=O) groups is 1. The Hall–Kier alpha value is -4.05. The number of hydrogen-bond acceptors (Lipinski definition) is 7. The maximum absolute atomic E-state index is 12.4. The van der Waals surface area contributed by atoms with Crippen molar-refractivity contribution >= 4 is 29.0 Å². The van der Waals surface area contributed by atoms with Crippen molar-refractivity contribution in [2.45, 2.75) is 5.16 Å². The number of nitrogens with zero attached hydrogens (tertiary/aromatic N) is 5. The van der Waals surface area contributed by atoms with E-state index in [1.54, 1.807) is 16.8 Å². The van der Waals surface area contributed by atoms with Crippen LogP contribution in [-0.4, -0.2) is 36.8 Å². The monoisotopic (exact) mass is 432 g/mol. The van der Waals surface area contributed by atoms with Gasteiger partial charge in [-0.2, -0.15) is 4.68 Å². The van der Waals surface area contributed by atoms with Gasteiger partial charge in [0.2, 0.25) is 11.1 Å². The van der Waals surface area contributed by atoms with Crippen molar-refractivity contribution in [1.29, 1.82) is 0 Å². The number of para-hydroxylation sites is 3. The van der Waals surface area contributed by atoms with Gasteiger partial charge in [-0.15, -0.1) is 5.10 Å². The Labute approximate surface area is 181 Å². The summed E-state index contributed by atoms with van der Waals surface area (Å²) >= 11 is 1.14. The predicted molar refractivity (Wildman–Crippen MR) is 117 cm³/mol. The van der Waals surface area contributed by atoms with Gasteiger partial charge in [0.15, 0.2) is 0 Å². The molecule has 0 aliphatic rings. The van der Waals surface area contributed by atoms with Crippen molar-refractivity contribution in [3.05, 3.63) is 89.0 Å². The highest BCUT2D eigenvalue weighted by Crippen LogP contribution is 2.29. The molecule has 0 fully saturated rings. The van der Waals surface area contributed by atoms with Crippen molar-refractivity contribution in [2.24, 2.45) is 0 Å². The highest BCUT2D eigenvalue weighted by atomic mass is 32.2. The molecule has 1 heterocycles. The number of aromatic nitrogens is 4. The lowest BCUT2D eigenvalue weighted by Gasteiger charge is -2.10. The summed E-state index contributed by atoms with van der Waals surface area (Å²) in [4.78, 5) is 23.0. The molecule has 3 aromatic carbocycles. The van der Waals surface area contributed by atoms with E-state index in [-0.39, 0.29) is 17.1 Å². The van der Waals surface area contributed by atoms with Crippen molar-refractivity contribution in [1.82, 2.24) is 20.2 Å². The molecule has 1 amide bonds. The molecule has 0 bridgehead atoms. The first kappa shape index (κ1) is 20.2. The molecule has 0 spiro atoms. The summed E-state index contributed by atoms with van der Waals surface area (Å²) < 4.78 is 1.57. The molecule has 1 N–H and O–H groups in total. The maximum Gasteiger partial charge on any atom is 0.292 e. The third-order valence-corrected chi connectivity index (χ3v) is 5.28. The molecule has 0 unspecified atom stereocenters. The minimum atomic E-state index is -0.538. The van der Waals surface area contributed by atoms with Crippen LogP contribution < -0.4 is 5.32 Å². The molecule has 1 aromatic heterocycles. The highest BCUT2D eigenvalue weighted by molar-refractivity contribution is 7.99. The largest absolute Gasteiger partial charge is 0.320 e. The van der Waals surface area contributed by atoms with Crippen molar-refractivity contribution in [3.63, 3.8) is 0 Å². The Kier molecular flexibility index (Phi) is 5.99. The van der Waals surface area contributed by atoms with Gasteiger partial charge in [-0.3, -0.25) is 14.9 Å². The summed E-state index contributed by atoms with van der Waals surface area (Å²) in [6.07, 6.45) is 0. The second-order valence-electron chi connectivity index (χ2n) is 6.37. The molecule has 31 heavy (non-hydrogen) atoms. The normalized spacial score (nSPS) is 10.6. The third-order valence-electron chi connectivity index (χ3n) is 4.37. The molecular formula is C21H16N6O3S. The number of nitrogens with one attached hydrogen (secondary N) is 1. The van der Waals surface area contributed by atoms with E-state index in [9.17, 15) is 14.9 Å². The summed E-state index contributed by atoms with van der Waals surface area (Å²) in [5, 5.41) is 26.0. The zero-order valence-corrected chi connectivity index (χ0v) is 16.9. The number of rotatable bonds is 7. The fourth-order valence-corrected chi connectivity index (χ4v) is 3.68. The summed E-state index contributed by atoms with van der Waals surface area (Å²) in [5.41, 5.74) is 2.72. The first-order valence-corrected chi connectivity index (χ1v) is 10.2. The van der Waals surface area contributed by atoms with E-state index in [4.69, 9.17) is 0 Å². The second-order valence-corrected chi connectivity index (χ2v) is 7.31. The zero-order valence-electron chi connectivity index (χ0n) is 16.1. The molecule has 0 aliphatic heterocycles. The van der Waals surface area contributed by atoms with Crippen molar-refractivity contribution < 1.29 is 9.72 Å². The molecule has 0 radical (unpaired) electrons. The van der Waals surface area contributed by atoms with Crippen molar-refractivity contribution in [3.8, 4) is 16.8 Å². The Bertz CT molecular complexity index is 1230. The van der Waals surface area contributed by atoms with Gasteiger partial charge in [-0.05, 0) is 28.1 Å². The molecule has 0 aliphatic carbocycles. The summed E-state index contributed by atoms with van der Waals surface area (Å²) in [7, 11) is 0. The Morgan fingerprint density at radius 3 is 2.52 bits per heavy atom. The van der Waals surface area contributed by atoms with Gasteiger partial charge in [0.1, 0.15) is 5.69 Å². The molecule has 0 saturated heterocycles. The first-order valence-electron chi connectivity index (χ1n) is 9.23. The van der Waals surface area contributed by atoms with Crippen LogP contribution in [-0.2, 0) is 4.79 Å². The molecule has 0 saturated carbocycles. The van der Waals surface area contributed by atoms with Crippen LogP contribution in [0.3, 0.4) is 0 Å². The lowest BCUT2D eigenvalue weighted by Crippen LogP contribution is -2.15. The minimum absolute atomic E-state index is 0.0140. The lowest BCUT2D eigenvalue weighted by molar-refractivity contribution is -0.383. The average molecular weight is 432 g/mol. The van der Waals surface area contributed by atoms with Crippen LogP contribution in [0, 0.1) is 10.1 Å². The molecule has 10 heteroatoms. The minimum Gasteiger partial charge on any atom is -0.320 e. The van der Waals surface area contributed by atoms with Gasteiger partial charge in [0.25, 0.3) is 5.69 Å². The van der Waals surface area contributed by atoms with Gasteiger partial charge in [-0.25, -0.2) is 0 Å². The standard InChI is InChI=1S/C21H16N6O3S/c28-20(22-17-11-5-7-13-19(17)27(29)30)14-31-21-23-24-25-26(21)18-12-6-4-10-16(18)15-8-2-1-3-9-15/h1-13H,14H2,(H,22,28). The molecule has 4 rings (SSSR count). The van der Waals surface area contributed by atoms with E-state index in [2.05, 4.69) is 20.8 Å². The SMILES string of the molecule is O=C(CSc1nnnn1-c1ccccc1-c1ccccc1)Nc1ccccc1[N+](=O)[O-]. The van der Waals surface area contributed by atoms with E-state index >= 15 is 0 Å². The van der Waals surface area contributed by atoms with Crippen LogP contribution in [0.5, 0.6) is 0 Å². The molecule has 4 aromatic rings. The van der Waals surface area contributed by atoms with Crippen LogP contribution in [0.25, 0.3) is 16.8 Å². The summed E-state index contributed by atoms with van der Waals surface area (Å²) in [6, 6.07) is 23.5. The Morgan fingerprint density at radius 2 is 1.71 bits per heavy atom. The van der Waals surface area contributed by atoms with Crippen LogP contribution >= 0.6 is 11.8 Å². The fraction of sp³-hybridized carbons (Fsp3) is 0.0476. The lowest BCUT2D eigenvalue weighted by atomic mass is 10.0. The Balaban J connectivity index is 1.52. The number of nitro benzene ring substituents is 1. The number of nitro groups is 1. The van der Waals surface area contributed by atoms with Gasteiger partial charge in [0.05, 0.1) is 16.4 Å². The highest BCUT2D eigenvalue weighted by Gasteiger charge is 2.17. The number of carbonyl (C=O) groups excluding carboxylic acids is 1. The van der Waals surface area contributed by atoms with Gasteiger partial charge in [0, 0.05) is 11.6 Å². The van der Waals surface area contributed by atoms with Crippen LogP contribution in [0.1, 0.15) is 0 Å². The fourth-order valence-electron chi connectivity index (χ4n) is 3.00. The topological polar surface area (TPSA) is 116 Å². The number of benzene rings is 3. The maximum atomic E-state index is 12.4. The Morgan fingerprint density at radius 1 is 1.00 bits per heavy atom. The zero-order chi connectivity index (χ0) is 21.6. The van der Waals surface area contributed by atoms with E-state index in [0.29, 0.717) is 5.16 Å². The number of amides is 1. The number of thioether (sulfide) groups is 1. The smallest absolute Gasteiger partial charge is 0.292 e. The van der Waals surface area contributed by atoms with Gasteiger partial charge < -0.3 is 5.32 Å². The first-order chi connectivity index (χ1) is 15.1. The summed E-state index contributed by atoms with van der Waals surface area (Å²) in [6.45, 7) is 0. The number of hydrogen-bond donors (Lipinski definition) is 1. The number of tetrazole rings is 1. The number of anilines is 1. The van der Waals surface area contributed by atoms with Gasteiger partial charge in [-0.1, -0.05) is 72.4 Å². The predicted octanol–water partition coefficient (Wildman–Crippen LogP) is 3.97. The molecule has 0 atom stereocenters.